The predicted molar refractivity (Wildman–Crippen MR) is 66.3 cm³/mol. The van der Waals surface area contributed by atoms with Crippen molar-refractivity contribution >= 4 is 5.97 Å². The lowest BCUT2D eigenvalue weighted by molar-refractivity contribution is -0.130. The van der Waals surface area contributed by atoms with Crippen molar-refractivity contribution in [2.75, 3.05) is 13.2 Å². The van der Waals surface area contributed by atoms with Gasteiger partial charge in [-0.3, -0.25) is 0 Å². The van der Waals surface area contributed by atoms with Gasteiger partial charge in [-0.05, 0) is 12.1 Å². The number of carboxylic acid groups (broad SMARTS) is 1. The smallest absolute Gasteiger partial charge is 0.335 e. The van der Waals surface area contributed by atoms with Crippen molar-refractivity contribution in [3.05, 3.63) is 60.2 Å². The van der Waals surface area contributed by atoms with Crippen LogP contribution in [-0.4, -0.2) is 24.3 Å². The van der Waals surface area contributed by atoms with Gasteiger partial charge in [-0.1, -0.05) is 31.4 Å². The minimum Gasteiger partial charge on any atom is -0.478 e. The molecule has 0 atom stereocenters. The van der Waals surface area contributed by atoms with Gasteiger partial charge in [0.15, 0.2) is 0 Å². The third-order valence-electron chi connectivity index (χ3n) is 2.88. The van der Waals surface area contributed by atoms with E-state index in [9.17, 15) is 4.79 Å². The summed E-state index contributed by atoms with van der Waals surface area (Å²) in [5.41, 5.74) is 1.54. The van der Waals surface area contributed by atoms with E-state index < -0.39 is 11.8 Å². The maximum Gasteiger partial charge on any atom is 0.335 e. The molecule has 0 amide bonds. The summed E-state index contributed by atoms with van der Waals surface area (Å²) in [4.78, 5) is 10.8. The first-order chi connectivity index (χ1) is 8.60. The fourth-order valence-corrected chi connectivity index (χ4v) is 1.92. The highest BCUT2D eigenvalue weighted by atomic mass is 16.7. The van der Waals surface area contributed by atoms with Crippen LogP contribution < -0.4 is 0 Å². The minimum absolute atomic E-state index is 0.219. The largest absolute Gasteiger partial charge is 0.478 e. The number of carboxylic acids is 1. The lowest BCUT2D eigenvalue weighted by atomic mass is 9.97. The predicted octanol–water partition coefficient (Wildman–Crippen LogP) is 2.33. The number of hydrogen-bond donors (Lipinski definition) is 1. The summed E-state index contributed by atoms with van der Waals surface area (Å²) in [5.74, 6) is -2.00. The van der Waals surface area contributed by atoms with Crippen LogP contribution in [0.2, 0.25) is 0 Å². The average Bonchev–Trinajstić information content (AvgIpc) is 2.88. The summed E-state index contributed by atoms with van der Waals surface area (Å²) in [6.45, 7) is 8.48. The van der Waals surface area contributed by atoms with Crippen LogP contribution in [-0.2, 0) is 15.3 Å². The average molecular weight is 246 g/mol. The zero-order valence-corrected chi connectivity index (χ0v) is 9.89. The second-order valence-corrected chi connectivity index (χ2v) is 3.93. The van der Waals surface area contributed by atoms with Crippen LogP contribution >= 0.6 is 0 Å². The highest BCUT2D eigenvalue weighted by Gasteiger charge is 2.40. The van der Waals surface area contributed by atoms with Gasteiger partial charge in [0.25, 0.3) is 0 Å². The second-order valence-electron chi connectivity index (χ2n) is 3.93. The molecule has 94 valence electrons. The standard InChI is InChI=1S/C14H14O4/c1-3-10(2)14(17-8-9-18-14)12-6-4-11(5-7-12)13(15)16/h3-7H,1-2,8-9H2,(H,15,16). The molecule has 1 aromatic carbocycles. The Hall–Kier alpha value is -1.91. The maximum absolute atomic E-state index is 10.8. The molecule has 1 fully saturated rings. The van der Waals surface area contributed by atoms with E-state index in [4.69, 9.17) is 14.6 Å². The van der Waals surface area contributed by atoms with Crippen LogP contribution in [0.5, 0.6) is 0 Å². The first kappa shape index (κ1) is 12.5. The number of carbonyl (C=O) groups is 1. The van der Waals surface area contributed by atoms with E-state index in [-0.39, 0.29) is 5.56 Å². The Kier molecular flexibility index (Phi) is 3.32. The van der Waals surface area contributed by atoms with Crippen LogP contribution in [0.3, 0.4) is 0 Å². The van der Waals surface area contributed by atoms with Crippen molar-refractivity contribution < 1.29 is 19.4 Å². The normalized spacial score (nSPS) is 17.3. The van der Waals surface area contributed by atoms with Crippen molar-refractivity contribution in [2.45, 2.75) is 5.79 Å². The topological polar surface area (TPSA) is 55.8 Å². The Morgan fingerprint density at radius 2 is 1.83 bits per heavy atom. The van der Waals surface area contributed by atoms with Crippen LogP contribution in [0, 0.1) is 0 Å². The molecular weight excluding hydrogens is 232 g/mol. The van der Waals surface area contributed by atoms with Crippen LogP contribution in [0.15, 0.2) is 49.1 Å². The first-order valence-corrected chi connectivity index (χ1v) is 5.54. The van der Waals surface area contributed by atoms with Gasteiger partial charge in [-0.2, -0.15) is 0 Å². The van der Waals surface area contributed by atoms with E-state index in [1.807, 2.05) is 0 Å². The van der Waals surface area contributed by atoms with Gasteiger partial charge in [-0.15, -0.1) is 0 Å². The summed E-state index contributed by atoms with van der Waals surface area (Å²) in [7, 11) is 0. The zero-order chi connectivity index (χ0) is 13.2. The molecule has 0 unspecified atom stereocenters. The molecule has 1 aliphatic heterocycles. The molecule has 1 N–H and O–H groups in total. The first-order valence-electron chi connectivity index (χ1n) is 5.54. The van der Waals surface area contributed by atoms with Gasteiger partial charge in [-0.25, -0.2) is 4.79 Å². The number of hydrogen-bond acceptors (Lipinski definition) is 3. The molecule has 0 saturated carbocycles. The van der Waals surface area contributed by atoms with E-state index in [0.29, 0.717) is 18.8 Å². The molecule has 0 aliphatic carbocycles. The Balaban J connectivity index is 2.40. The molecule has 0 bridgehead atoms. The number of aromatic carboxylic acids is 1. The Morgan fingerprint density at radius 3 is 2.28 bits per heavy atom. The maximum atomic E-state index is 10.8. The Labute approximate surface area is 105 Å². The molecule has 2 rings (SSSR count). The van der Waals surface area contributed by atoms with Gasteiger partial charge >= 0.3 is 5.97 Å². The molecule has 0 radical (unpaired) electrons. The van der Waals surface area contributed by atoms with Crippen LogP contribution in [0.1, 0.15) is 15.9 Å². The summed E-state index contributed by atoms with van der Waals surface area (Å²) in [6.07, 6.45) is 1.58. The number of ether oxygens (including phenoxy) is 2. The minimum atomic E-state index is -1.03. The van der Waals surface area contributed by atoms with Crippen molar-refractivity contribution in [3.63, 3.8) is 0 Å². The third kappa shape index (κ3) is 1.96. The Bertz CT molecular complexity index is 481. The molecule has 1 saturated heterocycles. The molecule has 0 spiro atoms. The molecule has 1 aliphatic rings. The summed E-state index contributed by atoms with van der Waals surface area (Å²) in [6, 6.07) is 6.37. The van der Waals surface area contributed by atoms with E-state index in [0.717, 1.165) is 5.56 Å². The quantitative estimate of drug-likeness (QED) is 0.828. The van der Waals surface area contributed by atoms with Crippen LogP contribution in [0.4, 0.5) is 0 Å². The fraction of sp³-hybridized carbons (Fsp3) is 0.214. The molecular formula is C14H14O4. The molecule has 4 heteroatoms. The van der Waals surface area contributed by atoms with Gasteiger partial charge in [0, 0.05) is 11.1 Å². The second kappa shape index (κ2) is 4.76. The Morgan fingerprint density at radius 1 is 1.28 bits per heavy atom. The highest BCUT2D eigenvalue weighted by molar-refractivity contribution is 5.87. The summed E-state index contributed by atoms with van der Waals surface area (Å²) < 4.78 is 11.3. The number of rotatable bonds is 4. The van der Waals surface area contributed by atoms with Crippen molar-refractivity contribution in [3.8, 4) is 0 Å². The van der Waals surface area contributed by atoms with Gasteiger partial charge in [0.1, 0.15) is 0 Å². The molecule has 4 nitrogen and oxygen atoms in total. The van der Waals surface area contributed by atoms with Crippen molar-refractivity contribution in [1.82, 2.24) is 0 Å². The van der Waals surface area contributed by atoms with Gasteiger partial charge in [0.05, 0.1) is 18.8 Å². The fourth-order valence-electron chi connectivity index (χ4n) is 1.92. The van der Waals surface area contributed by atoms with Crippen molar-refractivity contribution in [2.24, 2.45) is 0 Å². The van der Waals surface area contributed by atoms with Crippen molar-refractivity contribution in [1.29, 1.82) is 0 Å². The zero-order valence-electron chi connectivity index (χ0n) is 9.89. The molecule has 18 heavy (non-hydrogen) atoms. The molecule has 1 heterocycles. The van der Waals surface area contributed by atoms with Gasteiger partial charge in [0.2, 0.25) is 5.79 Å². The number of benzene rings is 1. The van der Waals surface area contributed by atoms with E-state index in [1.54, 1.807) is 18.2 Å². The van der Waals surface area contributed by atoms with E-state index in [1.165, 1.54) is 12.1 Å². The lowest BCUT2D eigenvalue weighted by Crippen LogP contribution is -2.28. The SMILES string of the molecule is C=CC(=C)C1(c2ccc(C(=O)O)cc2)OCCO1. The van der Waals surface area contributed by atoms with Crippen LogP contribution in [0.25, 0.3) is 0 Å². The van der Waals surface area contributed by atoms with E-state index in [2.05, 4.69) is 13.2 Å². The monoisotopic (exact) mass is 246 g/mol. The van der Waals surface area contributed by atoms with Gasteiger partial charge < -0.3 is 14.6 Å². The third-order valence-corrected chi connectivity index (χ3v) is 2.88. The van der Waals surface area contributed by atoms with E-state index >= 15 is 0 Å². The molecule has 1 aromatic rings. The summed E-state index contributed by atoms with van der Waals surface area (Å²) >= 11 is 0. The lowest BCUT2D eigenvalue weighted by Gasteiger charge is -2.28. The highest BCUT2D eigenvalue weighted by Crippen LogP contribution is 2.38. The summed E-state index contributed by atoms with van der Waals surface area (Å²) in [5, 5.41) is 8.86. The molecule has 0 aromatic heterocycles.